The van der Waals surface area contributed by atoms with E-state index in [0.717, 1.165) is 17.3 Å². The van der Waals surface area contributed by atoms with Crippen LogP contribution in [0, 0.1) is 0 Å². The summed E-state index contributed by atoms with van der Waals surface area (Å²) in [5, 5.41) is 0. The molecule has 18 heavy (non-hydrogen) atoms. The first-order valence-electron chi connectivity index (χ1n) is 6.06. The zero-order chi connectivity index (χ0) is 13.5. The number of carbonyl (C=O) groups is 1. The van der Waals surface area contributed by atoms with E-state index in [1.54, 1.807) is 25.3 Å². The fourth-order valence-electron chi connectivity index (χ4n) is 1.63. The smallest absolute Gasteiger partial charge is 0.188 e. The number of hydrogen-bond acceptors (Lipinski definition) is 3. The van der Waals surface area contributed by atoms with Gasteiger partial charge in [-0.15, -0.1) is 0 Å². The average Bonchev–Trinajstić information content (AvgIpc) is 2.36. The SMILES string of the molecule is CCCC(C)OCC(=O)c1ccc(OC)c(Br)c1. The Morgan fingerprint density at radius 3 is 2.72 bits per heavy atom. The summed E-state index contributed by atoms with van der Waals surface area (Å²) in [5.41, 5.74) is 0.631. The second-order valence-corrected chi connectivity index (χ2v) is 5.04. The molecule has 0 saturated heterocycles. The molecule has 0 radical (unpaired) electrons. The molecule has 1 atom stereocenters. The van der Waals surface area contributed by atoms with E-state index in [1.807, 2.05) is 6.92 Å². The number of hydrogen-bond donors (Lipinski definition) is 0. The van der Waals surface area contributed by atoms with Gasteiger partial charge in [-0.05, 0) is 47.5 Å². The summed E-state index contributed by atoms with van der Waals surface area (Å²) < 4.78 is 11.4. The highest BCUT2D eigenvalue weighted by Gasteiger charge is 2.11. The van der Waals surface area contributed by atoms with Crippen LogP contribution in [0.1, 0.15) is 37.0 Å². The van der Waals surface area contributed by atoms with Gasteiger partial charge in [0.1, 0.15) is 12.4 Å². The molecule has 0 fully saturated rings. The lowest BCUT2D eigenvalue weighted by Gasteiger charge is -2.11. The highest BCUT2D eigenvalue weighted by Crippen LogP contribution is 2.25. The predicted octanol–water partition coefficient (Wildman–Crippen LogP) is 3.85. The highest BCUT2D eigenvalue weighted by atomic mass is 79.9. The van der Waals surface area contributed by atoms with Crippen LogP contribution in [0.3, 0.4) is 0 Å². The summed E-state index contributed by atoms with van der Waals surface area (Å²) in [5.74, 6) is 0.702. The van der Waals surface area contributed by atoms with Crippen molar-refractivity contribution in [2.75, 3.05) is 13.7 Å². The minimum atomic E-state index is -0.0127. The van der Waals surface area contributed by atoms with Crippen LogP contribution in [0.15, 0.2) is 22.7 Å². The quantitative estimate of drug-likeness (QED) is 0.717. The monoisotopic (exact) mass is 314 g/mol. The summed E-state index contributed by atoms with van der Waals surface area (Å²) in [6.45, 7) is 4.21. The van der Waals surface area contributed by atoms with Crippen molar-refractivity contribution in [3.63, 3.8) is 0 Å². The topological polar surface area (TPSA) is 35.5 Å². The van der Waals surface area contributed by atoms with Gasteiger partial charge < -0.3 is 9.47 Å². The van der Waals surface area contributed by atoms with Gasteiger partial charge in [-0.3, -0.25) is 4.79 Å². The van der Waals surface area contributed by atoms with Gasteiger partial charge in [0, 0.05) is 5.56 Å². The van der Waals surface area contributed by atoms with Crippen molar-refractivity contribution in [2.45, 2.75) is 32.8 Å². The number of methoxy groups -OCH3 is 1. The second kappa shape index (κ2) is 7.54. The molecule has 0 saturated carbocycles. The number of ketones is 1. The summed E-state index contributed by atoms with van der Waals surface area (Å²) >= 11 is 3.36. The van der Waals surface area contributed by atoms with Gasteiger partial charge in [-0.25, -0.2) is 0 Å². The van der Waals surface area contributed by atoms with Crippen molar-refractivity contribution in [1.82, 2.24) is 0 Å². The average molecular weight is 315 g/mol. The van der Waals surface area contributed by atoms with Gasteiger partial charge in [-0.2, -0.15) is 0 Å². The lowest BCUT2D eigenvalue weighted by molar-refractivity contribution is 0.0490. The van der Waals surface area contributed by atoms with Crippen LogP contribution >= 0.6 is 15.9 Å². The molecule has 1 aromatic rings. The maximum atomic E-state index is 11.9. The zero-order valence-electron chi connectivity index (χ0n) is 11.0. The van der Waals surface area contributed by atoms with E-state index in [4.69, 9.17) is 9.47 Å². The van der Waals surface area contributed by atoms with Gasteiger partial charge >= 0.3 is 0 Å². The molecule has 0 aliphatic rings. The van der Waals surface area contributed by atoms with Crippen LogP contribution < -0.4 is 4.74 Å². The summed E-state index contributed by atoms with van der Waals surface area (Å²) in [7, 11) is 1.59. The molecule has 0 spiro atoms. The molecule has 3 nitrogen and oxygen atoms in total. The molecule has 4 heteroatoms. The normalized spacial score (nSPS) is 12.2. The zero-order valence-corrected chi connectivity index (χ0v) is 12.6. The highest BCUT2D eigenvalue weighted by molar-refractivity contribution is 9.10. The summed E-state index contributed by atoms with van der Waals surface area (Å²) in [6, 6.07) is 5.28. The lowest BCUT2D eigenvalue weighted by atomic mass is 10.1. The number of halogens is 1. The molecular weight excluding hydrogens is 296 g/mol. The Morgan fingerprint density at radius 2 is 2.17 bits per heavy atom. The third-order valence-electron chi connectivity index (χ3n) is 2.67. The molecule has 100 valence electrons. The fourth-order valence-corrected chi connectivity index (χ4v) is 2.17. The van der Waals surface area contributed by atoms with E-state index in [2.05, 4.69) is 22.9 Å². The fraction of sp³-hybridized carbons (Fsp3) is 0.500. The largest absolute Gasteiger partial charge is 0.496 e. The van der Waals surface area contributed by atoms with Gasteiger partial charge in [0.15, 0.2) is 5.78 Å². The first-order chi connectivity index (χ1) is 8.58. The second-order valence-electron chi connectivity index (χ2n) is 4.18. The molecule has 0 amide bonds. The van der Waals surface area contributed by atoms with Crippen molar-refractivity contribution in [3.8, 4) is 5.75 Å². The minimum Gasteiger partial charge on any atom is -0.496 e. The third-order valence-corrected chi connectivity index (χ3v) is 3.29. The van der Waals surface area contributed by atoms with Crippen LogP contribution in [0.5, 0.6) is 5.75 Å². The standard InChI is InChI=1S/C14H19BrO3/c1-4-5-10(2)18-9-13(16)11-6-7-14(17-3)12(15)8-11/h6-8,10H,4-5,9H2,1-3H3. The van der Waals surface area contributed by atoms with E-state index < -0.39 is 0 Å². The van der Waals surface area contributed by atoms with E-state index in [0.29, 0.717) is 11.3 Å². The van der Waals surface area contributed by atoms with Crippen molar-refractivity contribution in [1.29, 1.82) is 0 Å². The van der Waals surface area contributed by atoms with E-state index in [9.17, 15) is 4.79 Å². The van der Waals surface area contributed by atoms with Crippen LogP contribution in [0.2, 0.25) is 0 Å². The lowest BCUT2D eigenvalue weighted by Crippen LogP contribution is -2.15. The molecule has 1 aromatic carbocycles. The number of benzene rings is 1. The van der Waals surface area contributed by atoms with Crippen molar-refractivity contribution >= 4 is 21.7 Å². The van der Waals surface area contributed by atoms with E-state index in [1.165, 1.54) is 0 Å². The molecule has 0 heterocycles. The van der Waals surface area contributed by atoms with Gasteiger partial charge in [0.05, 0.1) is 17.7 Å². The number of rotatable bonds is 7. The molecule has 0 aliphatic heterocycles. The molecular formula is C14H19BrO3. The van der Waals surface area contributed by atoms with Gasteiger partial charge in [-0.1, -0.05) is 13.3 Å². The number of ether oxygens (including phenoxy) is 2. The number of carbonyl (C=O) groups excluding carboxylic acids is 1. The Labute approximate surface area is 117 Å². The maximum absolute atomic E-state index is 11.9. The summed E-state index contributed by atoms with van der Waals surface area (Å²) in [6.07, 6.45) is 2.16. The molecule has 1 unspecified atom stereocenters. The molecule has 0 aromatic heterocycles. The van der Waals surface area contributed by atoms with Crippen LogP contribution in [0.25, 0.3) is 0 Å². The molecule has 1 rings (SSSR count). The van der Waals surface area contributed by atoms with Crippen molar-refractivity contribution in [2.24, 2.45) is 0 Å². The first-order valence-corrected chi connectivity index (χ1v) is 6.86. The molecule has 0 bridgehead atoms. The summed E-state index contributed by atoms with van der Waals surface area (Å²) in [4.78, 5) is 11.9. The third kappa shape index (κ3) is 4.42. The minimum absolute atomic E-state index is 0.0127. The molecule has 0 aliphatic carbocycles. The van der Waals surface area contributed by atoms with Crippen LogP contribution in [-0.2, 0) is 4.74 Å². The van der Waals surface area contributed by atoms with E-state index >= 15 is 0 Å². The maximum Gasteiger partial charge on any atom is 0.188 e. The van der Waals surface area contributed by atoms with Gasteiger partial charge in [0.2, 0.25) is 0 Å². The Morgan fingerprint density at radius 1 is 1.44 bits per heavy atom. The van der Waals surface area contributed by atoms with Crippen LogP contribution in [0.4, 0.5) is 0 Å². The van der Waals surface area contributed by atoms with E-state index in [-0.39, 0.29) is 18.5 Å². The van der Waals surface area contributed by atoms with Crippen LogP contribution in [-0.4, -0.2) is 25.6 Å². The molecule has 0 N–H and O–H groups in total. The Balaban J connectivity index is 2.59. The number of Topliss-reactive ketones (excluding diaryl/α,β-unsaturated/α-hetero) is 1. The Bertz CT molecular complexity index is 404. The van der Waals surface area contributed by atoms with Crippen molar-refractivity contribution < 1.29 is 14.3 Å². The Hall–Kier alpha value is -0.870. The first kappa shape index (κ1) is 15.2. The van der Waals surface area contributed by atoms with Gasteiger partial charge in [0.25, 0.3) is 0 Å². The predicted molar refractivity (Wildman–Crippen MR) is 75.3 cm³/mol. The Kier molecular flexibility index (Phi) is 6.36. The van der Waals surface area contributed by atoms with Crippen molar-refractivity contribution in [3.05, 3.63) is 28.2 Å².